The molecule has 0 radical (unpaired) electrons. The van der Waals surface area contributed by atoms with Crippen molar-refractivity contribution in [1.29, 1.82) is 0 Å². The van der Waals surface area contributed by atoms with Crippen LogP contribution in [0.25, 0.3) is 0 Å². The summed E-state index contributed by atoms with van der Waals surface area (Å²) >= 11 is 0. The summed E-state index contributed by atoms with van der Waals surface area (Å²) < 4.78 is 2.07. The predicted octanol–water partition coefficient (Wildman–Crippen LogP) is 2.82. The summed E-state index contributed by atoms with van der Waals surface area (Å²) in [5.74, 6) is 2.22. The zero-order valence-corrected chi connectivity index (χ0v) is 17.8. The highest BCUT2D eigenvalue weighted by molar-refractivity contribution is 14.0. The Morgan fingerprint density at radius 1 is 1.24 bits per heavy atom. The molecule has 2 rings (SSSR count). The van der Waals surface area contributed by atoms with E-state index in [-0.39, 0.29) is 30.0 Å². The third-order valence-corrected chi connectivity index (χ3v) is 4.32. The number of aliphatic imine (C=N–C) groups is 1. The first-order valence-corrected chi connectivity index (χ1v) is 8.54. The number of hydrogen-bond donors (Lipinski definition) is 2. The summed E-state index contributed by atoms with van der Waals surface area (Å²) in [6.07, 6.45) is 2.66. The highest BCUT2D eigenvalue weighted by atomic mass is 127. The minimum atomic E-state index is 0. The van der Waals surface area contributed by atoms with Gasteiger partial charge in [0.25, 0.3) is 0 Å². The fourth-order valence-electron chi connectivity index (χ4n) is 2.61. The molecule has 0 spiro atoms. The van der Waals surface area contributed by atoms with Crippen LogP contribution in [-0.4, -0.2) is 40.4 Å². The normalized spacial score (nSPS) is 13.7. The van der Waals surface area contributed by atoms with E-state index >= 15 is 0 Å². The van der Waals surface area contributed by atoms with Gasteiger partial charge in [0, 0.05) is 38.5 Å². The molecule has 7 heteroatoms. The van der Waals surface area contributed by atoms with Crippen LogP contribution >= 0.6 is 24.0 Å². The smallest absolute Gasteiger partial charge is 0.191 e. The second kappa shape index (κ2) is 11.1. The van der Waals surface area contributed by atoms with E-state index in [1.54, 1.807) is 13.4 Å². The summed E-state index contributed by atoms with van der Waals surface area (Å²) in [5, 5.41) is 14.9. The third kappa shape index (κ3) is 6.30. The summed E-state index contributed by atoms with van der Waals surface area (Å²) in [6.45, 7) is 8.09. The van der Waals surface area contributed by atoms with Gasteiger partial charge in [-0.15, -0.1) is 34.2 Å². The van der Waals surface area contributed by atoms with Gasteiger partial charge in [0.05, 0.1) is 0 Å². The molecular weight excluding hydrogens is 427 g/mol. The van der Waals surface area contributed by atoms with Crippen molar-refractivity contribution in [2.45, 2.75) is 45.7 Å². The molecule has 25 heavy (non-hydrogen) atoms. The number of hydrogen-bond acceptors (Lipinski definition) is 3. The number of guanidine groups is 1. The first-order chi connectivity index (χ1) is 11.7. The molecule has 0 saturated carbocycles. The van der Waals surface area contributed by atoms with Crippen LogP contribution in [0.15, 0.2) is 41.7 Å². The lowest BCUT2D eigenvalue weighted by Gasteiger charge is -2.24. The van der Waals surface area contributed by atoms with E-state index < -0.39 is 0 Å². The molecule has 2 N–H and O–H groups in total. The molecule has 0 amide bonds. The quantitative estimate of drug-likeness (QED) is 0.382. The summed E-state index contributed by atoms with van der Waals surface area (Å²) in [7, 11) is 1.80. The van der Waals surface area contributed by atoms with Crippen LogP contribution in [0.5, 0.6) is 0 Å². The van der Waals surface area contributed by atoms with Gasteiger partial charge >= 0.3 is 0 Å². The largest absolute Gasteiger partial charge is 0.355 e. The third-order valence-electron chi connectivity index (χ3n) is 4.32. The van der Waals surface area contributed by atoms with Crippen LogP contribution < -0.4 is 10.6 Å². The first kappa shape index (κ1) is 21.4. The molecule has 138 valence electrons. The maximum Gasteiger partial charge on any atom is 0.191 e. The zero-order chi connectivity index (χ0) is 17.4. The second-order valence-corrected chi connectivity index (χ2v) is 5.93. The lowest BCUT2D eigenvalue weighted by atomic mass is 9.94. The van der Waals surface area contributed by atoms with E-state index in [1.165, 1.54) is 5.56 Å². The molecule has 1 heterocycles. The van der Waals surface area contributed by atoms with Crippen molar-refractivity contribution in [3.8, 4) is 0 Å². The number of aryl methyl sites for hydroxylation is 1. The lowest BCUT2D eigenvalue weighted by molar-refractivity contribution is 0.545. The summed E-state index contributed by atoms with van der Waals surface area (Å²) in [5.41, 5.74) is 1.32. The average Bonchev–Trinajstić information content (AvgIpc) is 3.08. The average molecular weight is 456 g/mol. The Morgan fingerprint density at radius 2 is 1.96 bits per heavy atom. The Bertz CT molecular complexity index is 640. The highest BCUT2D eigenvalue weighted by Gasteiger charge is 2.15. The fraction of sp³-hybridized carbons (Fsp3) is 0.500. The Labute approximate surface area is 167 Å². The van der Waals surface area contributed by atoms with Crippen molar-refractivity contribution in [3.05, 3.63) is 48.0 Å². The van der Waals surface area contributed by atoms with Crippen molar-refractivity contribution < 1.29 is 0 Å². The molecule has 0 aliphatic carbocycles. The zero-order valence-electron chi connectivity index (χ0n) is 15.4. The maximum atomic E-state index is 4.32. The van der Waals surface area contributed by atoms with E-state index in [0.29, 0.717) is 5.92 Å². The van der Waals surface area contributed by atoms with Gasteiger partial charge in [0.2, 0.25) is 0 Å². The molecule has 0 saturated heterocycles. The molecular formula is C18H29IN6. The molecule has 6 nitrogen and oxygen atoms in total. The van der Waals surface area contributed by atoms with Gasteiger partial charge in [-0.1, -0.05) is 44.2 Å². The standard InChI is InChI=1S/C18H28N6.HI/c1-5-17-23-21-13-24(17)12-11-20-18(19-4)22-15(3)14(2)16-9-7-6-8-10-16;/h6-10,13-15H,5,11-12H2,1-4H3,(H2,19,20,22);1H. The number of benzene rings is 1. The van der Waals surface area contributed by atoms with Crippen LogP contribution in [0, 0.1) is 0 Å². The van der Waals surface area contributed by atoms with Crippen LogP contribution in [0.1, 0.15) is 38.1 Å². The van der Waals surface area contributed by atoms with Crippen LogP contribution in [0.3, 0.4) is 0 Å². The van der Waals surface area contributed by atoms with Crippen LogP contribution in [-0.2, 0) is 13.0 Å². The Balaban J connectivity index is 0.00000312. The maximum absolute atomic E-state index is 4.32. The van der Waals surface area contributed by atoms with Gasteiger partial charge < -0.3 is 15.2 Å². The molecule has 0 bridgehead atoms. The topological polar surface area (TPSA) is 67.1 Å². The fourth-order valence-corrected chi connectivity index (χ4v) is 2.61. The van der Waals surface area contributed by atoms with Gasteiger partial charge in [-0.3, -0.25) is 4.99 Å². The summed E-state index contributed by atoms with van der Waals surface area (Å²) in [4.78, 5) is 4.32. The van der Waals surface area contributed by atoms with Gasteiger partial charge in [-0.2, -0.15) is 0 Å². The number of aromatic nitrogens is 3. The number of rotatable bonds is 7. The van der Waals surface area contributed by atoms with Gasteiger partial charge in [-0.25, -0.2) is 0 Å². The van der Waals surface area contributed by atoms with Crippen molar-refractivity contribution in [2.75, 3.05) is 13.6 Å². The highest BCUT2D eigenvalue weighted by Crippen LogP contribution is 2.18. The monoisotopic (exact) mass is 456 g/mol. The number of nitrogens with one attached hydrogen (secondary N) is 2. The molecule has 2 aromatic rings. The first-order valence-electron chi connectivity index (χ1n) is 8.54. The number of nitrogens with zero attached hydrogens (tertiary/aromatic N) is 4. The van der Waals surface area contributed by atoms with E-state index in [0.717, 1.165) is 31.3 Å². The van der Waals surface area contributed by atoms with Crippen molar-refractivity contribution in [2.24, 2.45) is 4.99 Å². The van der Waals surface area contributed by atoms with Crippen LogP contribution in [0.2, 0.25) is 0 Å². The Morgan fingerprint density at radius 3 is 2.60 bits per heavy atom. The van der Waals surface area contributed by atoms with E-state index in [2.05, 4.69) is 75.4 Å². The Kier molecular flexibility index (Phi) is 9.48. The van der Waals surface area contributed by atoms with Crippen LogP contribution in [0.4, 0.5) is 0 Å². The van der Waals surface area contributed by atoms with Crippen molar-refractivity contribution in [1.82, 2.24) is 25.4 Å². The Hall–Kier alpha value is -1.64. The second-order valence-electron chi connectivity index (χ2n) is 5.93. The minimum absolute atomic E-state index is 0. The van der Waals surface area contributed by atoms with Gasteiger partial charge in [0.15, 0.2) is 5.96 Å². The molecule has 1 aromatic heterocycles. The van der Waals surface area contributed by atoms with E-state index in [9.17, 15) is 0 Å². The molecule has 0 aliphatic heterocycles. The molecule has 2 atom stereocenters. The summed E-state index contributed by atoms with van der Waals surface area (Å²) in [6, 6.07) is 10.8. The molecule has 1 aromatic carbocycles. The van der Waals surface area contributed by atoms with Crippen molar-refractivity contribution >= 4 is 29.9 Å². The molecule has 0 fully saturated rings. The van der Waals surface area contributed by atoms with Gasteiger partial charge in [0.1, 0.15) is 12.2 Å². The van der Waals surface area contributed by atoms with E-state index in [1.807, 2.05) is 6.07 Å². The lowest BCUT2D eigenvalue weighted by Crippen LogP contribution is -2.45. The van der Waals surface area contributed by atoms with Crippen molar-refractivity contribution in [3.63, 3.8) is 0 Å². The van der Waals surface area contributed by atoms with E-state index in [4.69, 9.17) is 0 Å². The number of halogens is 1. The molecule has 2 unspecified atom stereocenters. The SMILES string of the molecule is CCc1nncn1CCNC(=NC)NC(C)C(C)c1ccccc1.I. The van der Waals surface area contributed by atoms with Gasteiger partial charge in [-0.05, 0) is 12.5 Å². The predicted molar refractivity (Wildman–Crippen MR) is 114 cm³/mol. The molecule has 0 aliphatic rings. The minimum Gasteiger partial charge on any atom is -0.355 e.